The summed E-state index contributed by atoms with van der Waals surface area (Å²) in [6.07, 6.45) is -7.76. The van der Waals surface area contributed by atoms with Crippen LogP contribution in [0.1, 0.15) is 28.0 Å². The fourth-order valence-electron chi connectivity index (χ4n) is 3.23. The maximum atomic E-state index is 14.6. The highest BCUT2D eigenvalue weighted by atomic mass is 35.5. The molecule has 0 spiro atoms. The summed E-state index contributed by atoms with van der Waals surface area (Å²) >= 11 is 5.88. The summed E-state index contributed by atoms with van der Waals surface area (Å²) in [4.78, 5) is 19.9. The molecule has 0 amide bonds. The van der Waals surface area contributed by atoms with Crippen LogP contribution >= 0.6 is 11.6 Å². The molecule has 1 aliphatic heterocycles. The van der Waals surface area contributed by atoms with Gasteiger partial charge in [0, 0.05) is 24.5 Å². The summed E-state index contributed by atoms with van der Waals surface area (Å²) in [6, 6.07) is 3.34. The second-order valence-electron chi connectivity index (χ2n) is 6.91. The predicted octanol–water partition coefficient (Wildman–Crippen LogP) is 3.84. The van der Waals surface area contributed by atoms with E-state index in [1.807, 2.05) is 0 Å². The van der Waals surface area contributed by atoms with Gasteiger partial charge in [-0.3, -0.25) is 4.79 Å². The minimum absolute atomic E-state index is 0.123. The summed E-state index contributed by atoms with van der Waals surface area (Å²) in [7, 11) is 0. The van der Waals surface area contributed by atoms with Crippen LogP contribution in [0, 0.1) is 5.82 Å². The number of benzene rings is 1. The van der Waals surface area contributed by atoms with E-state index < -0.39 is 54.1 Å². The van der Waals surface area contributed by atoms with Crippen LogP contribution in [0.2, 0.25) is 5.02 Å². The Morgan fingerprint density at radius 1 is 1.35 bits per heavy atom. The average Bonchev–Trinajstić information content (AvgIpc) is 2.68. The first-order valence-electron chi connectivity index (χ1n) is 8.76. The maximum Gasteiger partial charge on any atom is 0.425 e. The molecular weight excluding hydrogens is 449 g/mol. The molecule has 1 aliphatic rings. The van der Waals surface area contributed by atoms with Crippen LogP contribution in [0.5, 0.6) is 5.75 Å². The van der Waals surface area contributed by atoms with Crippen molar-refractivity contribution in [2.45, 2.75) is 30.7 Å². The molecule has 1 aromatic carbocycles. The third-order valence-electron chi connectivity index (χ3n) is 4.68. The molecule has 2 aromatic rings. The molecule has 0 fully saturated rings. The van der Waals surface area contributed by atoms with Crippen LogP contribution in [-0.4, -0.2) is 40.9 Å². The van der Waals surface area contributed by atoms with E-state index in [2.05, 4.69) is 14.7 Å². The summed E-state index contributed by atoms with van der Waals surface area (Å²) in [5, 5.41) is 9.20. The van der Waals surface area contributed by atoms with Crippen LogP contribution in [0.25, 0.3) is 0 Å². The molecule has 1 aromatic heterocycles. The van der Waals surface area contributed by atoms with Crippen molar-refractivity contribution >= 4 is 23.4 Å². The topological polar surface area (TPSA) is 97.8 Å². The molecule has 0 saturated carbocycles. The summed E-state index contributed by atoms with van der Waals surface area (Å²) in [5.41, 5.74) is 2.54. The Morgan fingerprint density at radius 3 is 2.68 bits per heavy atom. The highest BCUT2D eigenvalue weighted by Gasteiger charge is 2.52. The Hall–Kier alpha value is -2.95. The average molecular weight is 464 g/mol. The van der Waals surface area contributed by atoms with Crippen LogP contribution in [0.15, 0.2) is 35.5 Å². The number of aliphatic imine (C=N–C) groups is 1. The van der Waals surface area contributed by atoms with Gasteiger partial charge in [-0.15, -0.1) is 0 Å². The van der Waals surface area contributed by atoms with Crippen molar-refractivity contribution in [3.05, 3.63) is 58.1 Å². The second kappa shape index (κ2) is 8.29. The zero-order valence-corrected chi connectivity index (χ0v) is 16.3. The molecule has 6 nitrogen and oxygen atoms in total. The number of nitrogens with two attached hydrogens (primary N) is 1. The number of aromatic hydroxyl groups is 1. The molecular formula is C19H15ClF5N3O3. The van der Waals surface area contributed by atoms with Gasteiger partial charge in [-0.05, 0) is 17.7 Å². The van der Waals surface area contributed by atoms with Crippen molar-refractivity contribution in [2.24, 2.45) is 10.7 Å². The number of aromatic nitrogens is 1. The molecule has 2 atom stereocenters. The van der Waals surface area contributed by atoms with Gasteiger partial charge in [0.1, 0.15) is 29.5 Å². The second-order valence-corrected chi connectivity index (χ2v) is 7.31. The van der Waals surface area contributed by atoms with Crippen molar-refractivity contribution in [3.63, 3.8) is 0 Å². The van der Waals surface area contributed by atoms with E-state index in [0.29, 0.717) is 0 Å². The first-order chi connectivity index (χ1) is 14.4. The first kappa shape index (κ1) is 22.7. The van der Waals surface area contributed by atoms with Crippen LogP contribution in [0.3, 0.4) is 0 Å². The number of pyridine rings is 1. The van der Waals surface area contributed by atoms with Gasteiger partial charge in [0.2, 0.25) is 0 Å². The smallest absolute Gasteiger partial charge is 0.425 e. The molecule has 0 unspecified atom stereocenters. The molecule has 0 bridgehead atoms. The van der Waals surface area contributed by atoms with Gasteiger partial charge in [-0.1, -0.05) is 17.7 Å². The number of alkyl halides is 4. The number of hydrogen-bond acceptors (Lipinski definition) is 6. The van der Waals surface area contributed by atoms with E-state index in [4.69, 9.17) is 17.3 Å². The van der Waals surface area contributed by atoms with Crippen molar-refractivity contribution in [2.75, 3.05) is 6.67 Å². The van der Waals surface area contributed by atoms with Crippen LogP contribution in [0.4, 0.5) is 22.0 Å². The van der Waals surface area contributed by atoms with E-state index in [1.54, 1.807) is 0 Å². The molecule has 0 radical (unpaired) electrons. The summed E-state index contributed by atoms with van der Waals surface area (Å²) < 4.78 is 72.6. The molecule has 0 saturated heterocycles. The lowest BCUT2D eigenvalue weighted by Gasteiger charge is -2.36. The number of hydrogen-bond donors (Lipinski definition) is 2. The largest absolute Gasteiger partial charge is 0.506 e. The number of carbonyl (C=O) groups excluding carboxylic acids is 1. The first-order valence-corrected chi connectivity index (χ1v) is 9.14. The number of rotatable bonds is 5. The number of carbonyl (C=O) groups is 1. The van der Waals surface area contributed by atoms with Crippen molar-refractivity contribution < 1.29 is 36.6 Å². The van der Waals surface area contributed by atoms with E-state index in [9.17, 15) is 31.9 Å². The molecule has 166 valence electrons. The Morgan fingerprint density at radius 2 is 2.06 bits per heavy atom. The van der Waals surface area contributed by atoms with Crippen LogP contribution in [-0.2, 0) is 16.7 Å². The van der Waals surface area contributed by atoms with E-state index in [0.717, 1.165) is 24.4 Å². The number of nitrogens with zero attached hydrogens (tertiary/aromatic N) is 2. The fraction of sp³-hybridized carbons (Fsp3) is 0.316. The van der Waals surface area contributed by atoms with Gasteiger partial charge in [0.15, 0.2) is 11.9 Å². The number of ether oxygens (including phenoxy) is 1. The molecule has 0 aliphatic carbocycles. The third-order valence-corrected chi connectivity index (χ3v) is 4.97. The van der Waals surface area contributed by atoms with Crippen molar-refractivity contribution in [1.29, 1.82) is 0 Å². The van der Waals surface area contributed by atoms with Gasteiger partial charge in [0.05, 0.1) is 11.2 Å². The molecule has 3 rings (SSSR count). The lowest BCUT2D eigenvalue weighted by atomic mass is 9.83. The lowest BCUT2D eigenvalue weighted by Crippen LogP contribution is -2.48. The number of halogens is 6. The summed E-state index contributed by atoms with van der Waals surface area (Å²) in [5.74, 6) is -1.89. The lowest BCUT2D eigenvalue weighted by molar-refractivity contribution is -0.209. The Bertz CT molecular complexity index is 1050. The van der Waals surface area contributed by atoms with E-state index >= 15 is 0 Å². The molecule has 3 N–H and O–H groups in total. The fourth-order valence-corrected chi connectivity index (χ4v) is 3.49. The number of amidine groups is 1. The van der Waals surface area contributed by atoms with Crippen molar-refractivity contribution in [3.8, 4) is 5.75 Å². The SMILES string of the molecule is NC1=N[C@](CF)(c2cc(CC(=O)c3ncc(O)cc3Cl)ccc2F)C[C@@H](C(F)(F)F)O1. The Labute approximate surface area is 177 Å². The van der Waals surface area contributed by atoms with Crippen LogP contribution < -0.4 is 5.73 Å². The molecule has 12 heteroatoms. The van der Waals surface area contributed by atoms with Crippen molar-refractivity contribution in [1.82, 2.24) is 4.98 Å². The standard InChI is InChI=1S/C19H15ClF5N3O3/c20-12-5-10(29)7-27-16(12)14(30)4-9-1-2-13(22)11(3-9)18(8-21)6-15(19(23,24)25)31-17(26)28-18/h1-3,5,7,15,29H,4,6,8H2,(H2,26,28)/t15-,18+/m0/s1. The van der Waals surface area contributed by atoms with E-state index in [-0.39, 0.29) is 28.5 Å². The zero-order valence-electron chi connectivity index (χ0n) is 15.6. The minimum Gasteiger partial charge on any atom is -0.506 e. The molecule has 31 heavy (non-hydrogen) atoms. The zero-order chi connectivity index (χ0) is 23.0. The number of ketones is 1. The normalized spacial score (nSPS) is 21.4. The minimum atomic E-state index is -4.88. The maximum absolute atomic E-state index is 14.6. The third kappa shape index (κ3) is 4.71. The predicted molar refractivity (Wildman–Crippen MR) is 100 cm³/mol. The van der Waals surface area contributed by atoms with E-state index in [1.165, 1.54) is 6.07 Å². The Kier molecular flexibility index (Phi) is 6.08. The van der Waals surface area contributed by atoms with Gasteiger partial charge in [0.25, 0.3) is 6.02 Å². The van der Waals surface area contributed by atoms with Gasteiger partial charge in [-0.2, -0.15) is 13.2 Å². The summed E-state index contributed by atoms with van der Waals surface area (Å²) in [6.45, 7) is -1.48. The van der Waals surface area contributed by atoms with Gasteiger partial charge >= 0.3 is 6.18 Å². The highest BCUT2D eigenvalue weighted by molar-refractivity contribution is 6.33. The number of Topliss-reactive ketones (excluding diaryl/α,β-unsaturated/α-hetero) is 1. The Balaban J connectivity index is 1.98. The van der Waals surface area contributed by atoms with Gasteiger partial charge < -0.3 is 15.6 Å². The quantitative estimate of drug-likeness (QED) is 0.519. The monoisotopic (exact) mass is 463 g/mol. The molecule has 2 heterocycles. The highest BCUT2D eigenvalue weighted by Crippen LogP contribution is 2.41. The van der Waals surface area contributed by atoms with Gasteiger partial charge in [-0.25, -0.2) is 18.8 Å².